The number of phenols is 2. The summed E-state index contributed by atoms with van der Waals surface area (Å²) in [5.41, 5.74) is 0.819. The van der Waals surface area contributed by atoms with Crippen molar-refractivity contribution < 1.29 is 10.2 Å². The first-order valence-corrected chi connectivity index (χ1v) is 4.24. The highest BCUT2D eigenvalue weighted by molar-refractivity contribution is 5.52. The van der Waals surface area contributed by atoms with Gasteiger partial charge in [0.2, 0.25) is 0 Å². The first-order valence-electron chi connectivity index (χ1n) is 4.24. The Bertz CT molecular complexity index is 297. The molecule has 0 radical (unpaired) electrons. The summed E-state index contributed by atoms with van der Waals surface area (Å²) >= 11 is 0. The monoisotopic (exact) mass is 179 g/mol. The van der Waals surface area contributed by atoms with Gasteiger partial charge in [0.1, 0.15) is 11.5 Å². The summed E-state index contributed by atoms with van der Waals surface area (Å²) < 4.78 is 0. The Morgan fingerprint density at radius 2 is 2.08 bits per heavy atom. The SMILES string of the molecule is N=CCCCc1ccc(O)cc1O. The van der Waals surface area contributed by atoms with Crippen molar-refractivity contribution in [3.05, 3.63) is 23.8 Å². The molecule has 0 aliphatic heterocycles. The highest BCUT2D eigenvalue weighted by atomic mass is 16.3. The lowest BCUT2D eigenvalue weighted by Gasteiger charge is -2.03. The second kappa shape index (κ2) is 4.50. The van der Waals surface area contributed by atoms with Gasteiger partial charge in [-0.1, -0.05) is 6.07 Å². The fourth-order valence-corrected chi connectivity index (χ4v) is 1.16. The zero-order valence-electron chi connectivity index (χ0n) is 7.33. The summed E-state index contributed by atoms with van der Waals surface area (Å²) in [6.45, 7) is 0. The van der Waals surface area contributed by atoms with Gasteiger partial charge in [0.05, 0.1) is 0 Å². The van der Waals surface area contributed by atoms with E-state index in [0.717, 1.165) is 24.8 Å². The van der Waals surface area contributed by atoms with Gasteiger partial charge in [-0.2, -0.15) is 0 Å². The summed E-state index contributed by atoms with van der Waals surface area (Å²) in [6, 6.07) is 4.59. The molecule has 3 N–H and O–H groups in total. The molecule has 0 bridgehead atoms. The molecule has 0 heterocycles. The number of phenolic OH excluding ortho intramolecular Hbond substituents is 2. The molecule has 0 saturated carbocycles. The summed E-state index contributed by atoms with van der Waals surface area (Å²) in [5.74, 6) is 0.207. The molecular formula is C10H13NO2. The first-order chi connectivity index (χ1) is 6.24. The van der Waals surface area contributed by atoms with Gasteiger partial charge in [0.15, 0.2) is 0 Å². The molecule has 0 amide bonds. The molecule has 3 heteroatoms. The molecule has 0 saturated heterocycles. The minimum absolute atomic E-state index is 0.0771. The standard InChI is InChI=1S/C10H13NO2/c11-6-2-1-3-8-4-5-9(12)7-10(8)13/h4-7,11-13H,1-3H2. The number of aryl methyl sites for hydroxylation is 1. The highest BCUT2D eigenvalue weighted by Crippen LogP contribution is 2.23. The molecule has 1 aromatic rings. The summed E-state index contributed by atoms with van der Waals surface area (Å²) in [5, 5.41) is 25.2. The lowest BCUT2D eigenvalue weighted by atomic mass is 10.1. The van der Waals surface area contributed by atoms with Crippen LogP contribution in [-0.4, -0.2) is 16.4 Å². The molecule has 1 rings (SSSR count). The Kier molecular flexibility index (Phi) is 3.31. The maximum absolute atomic E-state index is 9.37. The van der Waals surface area contributed by atoms with Gasteiger partial charge >= 0.3 is 0 Å². The van der Waals surface area contributed by atoms with Crippen LogP contribution in [0.2, 0.25) is 0 Å². The molecule has 0 atom stereocenters. The van der Waals surface area contributed by atoms with E-state index in [1.54, 1.807) is 12.1 Å². The van der Waals surface area contributed by atoms with Crippen molar-refractivity contribution in [1.82, 2.24) is 0 Å². The minimum Gasteiger partial charge on any atom is -0.508 e. The van der Waals surface area contributed by atoms with Crippen LogP contribution in [0, 0.1) is 5.41 Å². The van der Waals surface area contributed by atoms with Crippen LogP contribution in [0.5, 0.6) is 11.5 Å². The number of hydrogen-bond acceptors (Lipinski definition) is 3. The van der Waals surface area contributed by atoms with Crippen molar-refractivity contribution in [2.24, 2.45) is 0 Å². The van der Waals surface area contributed by atoms with Crippen LogP contribution in [-0.2, 0) is 6.42 Å². The van der Waals surface area contributed by atoms with Crippen LogP contribution in [0.4, 0.5) is 0 Å². The van der Waals surface area contributed by atoms with Gasteiger partial charge in [0.25, 0.3) is 0 Å². The fraction of sp³-hybridized carbons (Fsp3) is 0.300. The molecule has 0 unspecified atom stereocenters. The molecule has 3 nitrogen and oxygen atoms in total. The molecule has 1 aromatic carbocycles. The van der Waals surface area contributed by atoms with Crippen molar-refractivity contribution in [2.75, 3.05) is 0 Å². The van der Waals surface area contributed by atoms with Crippen molar-refractivity contribution in [3.8, 4) is 11.5 Å². The maximum atomic E-state index is 9.37. The second-order valence-electron chi connectivity index (χ2n) is 2.91. The number of aromatic hydroxyl groups is 2. The van der Waals surface area contributed by atoms with E-state index in [2.05, 4.69) is 0 Å². The van der Waals surface area contributed by atoms with Gasteiger partial charge < -0.3 is 15.6 Å². The molecular weight excluding hydrogens is 166 g/mol. The summed E-state index contributed by atoms with van der Waals surface area (Å²) in [4.78, 5) is 0. The minimum atomic E-state index is 0.0771. The van der Waals surface area contributed by atoms with E-state index < -0.39 is 0 Å². The van der Waals surface area contributed by atoms with E-state index in [9.17, 15) is 5.11 Å². The molecule has 0 aliphatic carbocycles. The van der Waals surface area contributed by atoms with E-state index in [4.69, 9.17) is 10.5 Å². The van der Waals surface area contributed by atoms with Crippen LogP contribution in [0.15, 0.2) is 18.2 Å². The number of benzene rings is 1. The zero-order chi connectivity index (χ0) is 9.68. The average Bonchev–Trinajstić information content (AvgIpc) is 2.09. The van der Waals surface area contributed by atoms with Crippen molar-refractivity contribution in [3.63, 3.8) is 0 Å². The molecule has 70 valence electrons. The molecule has 0 aromatic heterocycles. The van der Waals surface area contributed by atoms with Crippen molar-refractivity contribution in [1.29, 1.82) is 5.41 Å². The van der Waals surface area contributed by atoms with E-state index in [1.807, 2.05) is 0 Å². The quantitative estimate of drug-likeness (QED) is 0.489. The summed E-state index contributed by atoms with van der Waals surface area (Å²) in [7, 11) is 0. The van der Waals surface area contributed by atoms with E-state index >= 15 is 0 Å². The third-order valence-electron chi connectivity index (χ3n) is 1.86. The zero-order valence-corrected chi connectivity index (χ0v) is 7.33. The van der Waals surface area contributed by atoms with Crippen LogP contribution in [0.3, 0.4) is 0 Å². The lowest BCUT2D eigenvalue weighted by molar-refractivity contribution is 0.445. The number of hydrogen-bond donors (Lipinski definition) is 3. The highest BCUT2D eigenvalue weighted by Gasteiger charge is 2.00. The van der Waals surface area contributed by atoms with Gasteiger partial charge in [0, 0.05) is 6.07 Å². The maximum Gasteiger partial charge on any atom is 0.122 e. The van der Waals surface area contributed by atoms with Crippen LogP contribution < -0.4 is 0 Å². The van der Waals surface area contributed by atoms with Gasteiger partial charge in [-0.25, -0.2) is 0 Å². The van der Waals surface area contributed by atoms with Crippen molar-refractivity contribution >= 4 is 6.21 Å². The second-order valence-corrected chi connectivity index (χ2v) is 2.91. The lowest BCUT2D eigenvalue weighted by Crippen LogP contribution is -1.86. The largest absolute Gasteiger partial charge is 0.508 e. The Balaban J connectivity index is 2.61. The number of nitrogens with one attached hydrogen (secondary N) is 1. The molecule has 0 fully saturated rings. The van der Waals surface area contributed by atoms with Gasteiger partial charge in [-0.3, -0.25) is 0 Å². The Morgan fingerprint density at radius 3 is 2.69 bits per heavy atom. The van der Waals surface area contributed by atoms with Gasteiger partial charge in [-0.05, 0) is 37.1 Å². The normalized spacial score (nSPS) is 9.85. The van der Waals surface area contributed by atoms with E-state index in [0.29, 0.717) is 0 Å². The number of unbranched alkanes of at least 4 members (excludes halogenated alkanes) is 1. The first kappa shape index (κ1) is 9.58. The summed E-state index contributed by atoms with van der Waals surface area (Å²) in [6.07, 6.45) is 3.67. The van der Waals surface area contributed by atoms with Crippen LogP contribution >= 0.6 is 0 Å². The van der Waals surface area contributed by atoms with Gasteiger partial charge in [-0.15, -0.1) is 0 Å². The van der Waals surface area contributed by atoms with E-state index in [1.165, 1.54) is 12.3 Å². The van der Waals surface area contributed by atoms with Crippen LogP contribution in [0.25, 0.3) is 0 Å². The van der Waals surface area contributed by atoms with Crippen molar-refractivity contribution in [2.45, 2.75) is 19.3 Å². The Morgan fingerprint density at radius 1 is 1.31 bits per heavy atom. The molecule has 0 aliphatic rings. The van der Waals surface area contributed by atoms with Crippen LogP contribution in [0.1, 0.15) is 18.4 Å². The predicted octanol–water partition coefficient (Wildman–Crippen LogP) is 2.07. The predicted molar refractivity (Wildman–Crippen MR) is 51.5 cm³/mol. The molecule has 13 heavy (non-hydrogen) atoms. The average molecular weight is 179 g/mol. The number of rotatable bonds is 4. The smallest absolute Gasteiger partial charge is 0.122 e. The Hall–Kier alpha value is -1.51. The molecule has 0 spiro atoms. The van der Waals surface area contributed by atoms with E-state index in [-0.39, 0.29) is 11.5 Å². The third kappa shape index (κ3) is 2.78. The Labute approximate surface area is 77.2 Å². The topological polar surface area (TPSA) is 64.3 Å². The fourth-order valence-electron chi connectivity index (χ4n) is 1.16. The third-order valence-corrected chi connectivity index (χ3v) is 1.86.